The third kappa shape index (κ3) is 1.26. The van der Waals surface area contributed by atoms with Crippen LogP contribution in [0.1, 0.15) is 41.5 Å². The highest BCUT2D eigenvalue weighted by Crippen LogP contribution is 2.61. The van der Waals surface area contributed by atoms with Crippen molar-refractivity contribution in [3.05, 3.63) is 46.5 Å². The van der Waals surface area contributed by atoms with Crippen LogP contribution in [0, 0.1) is 19.3 Å². The van der Waals surface area contributed by atoms with Gasteiger partial charge in [-0.25, -0.2) is 0 Å². The maximum Gasteiger partial charge on any atom is 0.325 e. The maximum atomic E-state index is 12.7. The Labute approximate surface area is 124 Å². The maximum absolute atomic E-state index is 12.7. The Kier molecular flexibility index (Phi) is 2.35. The van der Waals surface area contributed by atoms with E-state index in [9.17, 15) is 9.59 Å². The first kappa shape index (κ1) is 12.8. The smallest absolute Gasteiger partial charge is 0.325 e. The van der Waals surface area contributed by atoms with Crippen LogP contribution >= 0.6 is 0 Å². The molecule has 0 unspecified atom stereocenters. The van der Waals surface area contributed by atoms with Crippen LogP contribution in [-0.4, -0.2) is 11.9 Å². The van der Waals surface area contributed by atoms with Gasteiger partial charge in [0.15, 0.2) is 0 Å². The zero-order chi connectivity index (χ0) is 14.8. The van der Waals surface area contributed by atoms with Gasteiger partial charge >= 0.3 is 11.9 Å². The Balaban J connectivity index is 2.11. The van der Waals surface area contributed by atoms with Gasteiger partial charge in [0.1, 0.15) is 5.41 Å². The summed E-state index contributed by atoms with van der Waals surface area (Å²) in [5.41, 5.74) is 3.15. The van der Waals surface area contributed by atoms with E-state index in [1.165, 1.54) is 11.1 Å². The topological polar surface area (TPSA) is 43.4 Å². The van der Waals surface area contributed by atoms with Gasteiger partial charge in [-0.3, -0.25) is 9.59 Å². The SMILES string of the molecule is Cc1ccc(C)c2c1CC[C@@]13CC=CC[C@@]21C(=O)OC3=O. The Morgan fingerprint density at radius 2 is 1.71 bits per heavy atom. The summed E-state index contributed by atoms with van der Waals surface area (Å²) in [5.74, 6) is -0.657. The van der Waals surface area contributed by atoms with E-state index in [0.717, 1.165) is 17.5 Å². The monoisotopic (exact) mass is 282 g/mol. The van der Waals surface area contributed by atoms with E-state index >= 15 is 0 Å². The molecule has 0 amide bonds. The first-order valence-corrected chi connectivity index (χ1v) is 7.54. The predicted molar refractivity (Wildman–Crippen MR) is 77.8 cm³/mol. The van der Waals surface area contributed by atoms with Gasteiger partial charge in [0.25, 0.3) is 0 Å². The molecule has 0 spiro atoms. The van der Waals surface area contributed by atoms with E-state index < -0.39 is 10.8 Å². The van der Waals surface area contributed by atoms with E-state index in [1.54, 1.807) is 0 Å². The van der Waals surface area contributed by atoms with Crippen molar-refractivity contribution < 1.29 is 14.3 Å². The molecule has 4 rings (SSSR count). The number of fused-ring (bicyclic) bond motifs is 1. The van der Waals surface area contributed by atoms with Crippen molar-refractivity contribution in [2.45, 2.75) is 44.9 Å². The molecule has 0 radical (unpaired) electrons. The molecular formula is C18H18O3. The average molecular weight is 282 g/mol. The first-order chi connectivity index (χ1) is 10.0. The first-order valence-electron chi connectivity index (χ1n) is 7.54. The van der Waals surface area contributed by atoms with E-state index in [4.69, 9.17) is 4.74 Å². The number of hydrogen-bond acceptors (Lipinski definition) is 3. The van der Waals surface area contributed by atoms with Gasteiger partial charge in [0.05, 0.1) is 5.41 Å². The fourth-order valence-electron chi connectivity index (χ4n) is 4.70. The van der Waals surface area contributed by atoms with Crippen LogP contribution in [0.15, 0.2) is 24.3 Å². The van der Waals surface area contributed by atoms with Gasteiger partial charge in [0.2, 0.25) is 0 Å². The molecule has 1 saturated heterocycles. The van der Waals surface area contributed by atoms with Crippen LogP contribution in [0.2, 0.25) is 0 Å². The van der Waals surface area contributed by atoms with Crippen molar-refractivity contribution in [1.82, 2.24) is 0 Å². The molecule has 2 atom stereocenters. The number of hydrogen-bond donors (Lipinski definition) is 0. The Hall–Kier alpha value is -1.90. The molecular weight excluding hydrogens is 264 g/mol. The Morgan fingerprint density at radius 1 is 1.00 bits per heavy atom. The molecule has 2 aliphatic carbocycles. The number of rotatable bonds is 0. The third-order valence-corrected chi connectivity index (χ3v) is 5.78. The lowest BCUT2D eigenvalue weighted by molar-refractivity contribution is -0.155. The highest BCUT2D eigenvalue weighted by atomic mass is 16.6. The molecule has 0 bridgehead atoms. The summed E-state index contributed by atoms with van der Waals surface area (Å²) in [6.07, 6.45) is 6.82. The third-order valence-electron chi connectivity index (χ3n) is 5.78. The molecule has 3 nitrogen and oxygen atoms in total. The van der Waals surface area contributed by atoms with E-state index in [0.29, 0.717) is 19.3 Å². The summed E-state index contributed by atoms with van der Waals surface area (Å²) < 4.78 is 5.17. The number of benzene rings is 1. The minimum atomic E-state index is -0.789. The summed E-state index contributed by atoms with van der Waals surface area (Å²) in [6, 6.07) is 4.17. The molecule has 1 aromatic rings. The van der Waals surface area contributed by atoms with Crippen molar-refractivity contribution in [1.29, 1.82) is 0 Å². The second-order valence-corrected chi connectivity index (χ2v) is 6.60. The van der Waals surface area contributed by atoms with Gasteiger partial charge in [-0.1, -0.05) is 24.3 Å². The zero-order valence-electron chi connectivity index (χ0n) is 12.4. The second-order valence-electron chi connectivity index (χ2n) is 6.60. The standard InChI is InChI=1S/C18H18O3/c1-11-5-6-12(2)14-13(11)7-10-17-8-3-4-9-18(14,17)16(20)21-15(17)19/h3-6H,7-10H2,1-2H3/t17-,18+/m1/s1. The predicted octanol–water partition coefficient (Wildman–Crippen LogP) is 2.91. The number of allylic oxidation sites excluding steroid dienone is 2. The molecule has 0 N–H and O–H groups in total. The molecule has 3 aliphatic rings. The fraction of sp³-hybridized carbons (Fsp3) is 0.444. The lowest BCUT2D eigenvalue weighted by atomic mass is 9.50. The number of esters is 2. The van der Waals surface area contributed by atoms with Crippen LogP contribution in [0.25, 0.3) is 0 Å². The van der Waals surface area contributed by atoms with Gasteiger partial charge < -0.3 is 4.74 Å². The molecule has 0 aromatic heterocycles. The minimum Gasteiger partial charge on any atom is -0.392 e. The normalized spacial score (nSPS) is 33.2. The number of ether oxygens (including phenoxy) is 1. The fourth-order valence-corrected chi connectivity index (χ4v) is 4.70. The van der Waals surface area contributed by atoms with Crippen molar-refractivity contribution in [3.63, 3.8) is 0 Å². The van der Waals surface area contributed by atoms with Gasteiger partial charge in [-0.15, -0.1) is 0 Å². The molecule has 21 heavy (non-hydrogen) atoms. The van der Waals surface area contributed by atoms with Crippen molar-refractivity contribution in [2.75, 3.05) is 0 Å². The van der Waals surface area contributed by atoms with Crippen LogP contribution < -0.4 is 0 Å². The quantitative estimate of drug-likeness (QED) is 0.417. The molecule has 0 saturated carbocycles. The van der Waals surface area contributed by atoms with E-state index in [1.807, 2.05) is 19.1 Å². The van der Waals surface area contributed by atoms with E-state index in [-0.39, 0.29) is 11.9 Å². The lowest BCUT2D eigenvalue weighted by Crippen LogP contribution is -2.53. The summed E-state index contributed by atoms with van der Waals surface area (Å²) in [5, 5.41) is 0. The Bertz CT molecular complexity index is 715. The van der Waals surface area contributed by atoms with Crippen molar-refractivity contribution in [2.24, 2.45) is 5.41 Å². The number of carbonyl (C=O) groups is 2. The molecule has 1 aromatic carbocycles. The van der Waals surface area contributed by atoms with Gasteiger partial charge in [-0.05, 0) is 61.8 Å². The molecule has 1 heterocycles. The van der Waals surface area contributed by atoms with E-state index in [2.05, 4.69) is 19.1 Å². The minimum absolute atomic E-state index is 0.316. The molecule has 3 heteroatoms. The molecule has 1 fully saturated rings. The Morgan fingerprint density at radius 3 is 2.52 bits per heavy atom. The molecule has 108 valence electrons. The number of carbonyl (C=O) groups excluding carboxylic acids is 2. The lowest BCUT2D eigenvalue weighted by Gasteiger charge is -2.47. The highest BCUT2D eigenvalue weighted by molar-refractivity contribution is 6.06. The van der Waals surface area contributed by atoms with Crippen LogP contribution in [0.5, 0.6) is 0 Å². The summed E-state index contributed by atoms with van der Waals surface area (Å²) in [6.45, 7) is 4.13. The molecule has 1 aliphatic heterocycles. The van der Waals surface area contributed by atoms with Crippen LogP contribution in [-0.2, 0) is 26.2 Å². The number of aryl methyl sites for hydroxylation is 2. The van der Waals surface area contributed by atoms with Gasteiger partial charge in [0, 0.05) is 0 Å². The number of cyclic esters (lactones) is 2. The van der Waals surface area contributed by atoms with Crippen LogP contribution in [0.3, 0.4) is 0 Å². The summed E-state index contributed by atoms with van der Waals surface area (Å²) in [4.78, 5) is 25.2. The van der Waals surface area contributed by atoms with Gasteiger partial charge in [-0.2, -0.15) is 0 Å². The van der Waals surface area contributed by atoms with Crippen LogP contribution in [0.4, 0.5) is 0 Å². The van der Waals surface area contributed by atoms with Crippen molar-refractivity contribution >= 4 is 11.9 Å². The highest BCUT2D eigenvalue weighted by Gasteiger charge is 2.70. The summed E-state index contributed by atoms with van der Waals surface area (Å²) in [7, 11) is 0. The average Bonchev–Trinajstić information content (AvgIpc) is 2.72. The largest absolute Gasteiger partial charge is 0.392 e. The zero-order valence-corrected chi connectivity index (χ0v) is 12.4. The summed E-state index contributed by atoms with van der Waals surface area (Å²) >= 11 is 0. The second kappa shape index (κ2) is 3.85. The van der Waals surface area contributed by atoms with Crippen molar-refractivity contribution in [3.8, 4) is 0 Å².